The van der Waals surface area contributed by atoms with Gasteiger partial charge in [-0.3, -0.25) is 0 Å². The molecule has 0 heteroatoms. The molecule has 0 radical (unpaired) electrons. The summed E-state index contributed by atoms with van der Waals surface area (Å²) in [4.78, 5) is 0. The fourth-order valence-electron chi connectivity index (χ4n) is 3.36. The molecule has 0 aromatic carbocycles. The molecule has 0 nitrogen and oxygen atoms in total. The van der Waals surface area contributed by atoms with E-state index in [0.29, 0.717) is 0 Å². The molecule has 2 aliphatic rings. The lowest BCUT2D eigenvalue weighted by Gasteiger charge is -2.40. The highest BCUT2D eigenvalue weighted by molar-refractivity contribution is 4.83. The molecule has 0 spiro atoms. The molecule has 4 atom stereocenters. The lowest BCUT2D eigenvalue weighted by molar-refractivity contribution is 0.109. The van der Waals surface area contributed by atoms with E-state index in [0.717, 1.165) is 23.7 Å². The first-order valence-electron chi connectivity index (χ1n) is 5.75. The van der Waals surface area contributed by atoms with Crippen LogP contribution in [0, 0.1) is 23.7 Å². The minimum absolute atomic E-state index is 1.03. The second-order valence-electron chi connectivity index (χ2n) is 5.36. The van der Waals surface area contributed by atoms with E-state index in [-0.39, 0.29) is 0 Å². The van der Waals surface area contributed by atoms with Crippen LogP contribution >= 0.6 is 0 Å². The Labute approximate surface area is 76.7 Å². The molecule has 12 heavy (non-hydrogen) atoms. The lowest BCUT2D eigenvalue weighted by atomic mass is 9.65. The summed E-state index contributed by atoms with van der Waals surface area (Å²) in [5.74, 6) is 4.29. The zero-order valence-corrected chi connectivity index (χ0v) is 8.55. The summed E-state index contributed by atoms with van der Waals surface area (Å²) in [6.45, 7) is 4.88. The van der Waals surface area contributed by atoms with Gasteiger partial charge in [0.25, 0.3) is 0 Å². The summed E-state index contributed by atoms with van der Waals surface area (Å²) in [5.41, 5.74) is 0. The minimum atomic E-state index is 1.03. The molecule has 0 aromatic heterocycles. The Morgan fingerprint density at radius 1 is 0.667 bits per heavy atom. The van der Waals surface area contributed by atoms with Crippen LogP contribution in [-0.4, -0.2) is 0 Å². The Bertz CT molecular complexity index is 132. The molecule has 0 aromatic rings. The topological polar surface area (TPSA) is 0 Å². The van der Waals surface area contributed by atoms with E-state index in [1.165, 1.54) is 38.5 Å². The maximum Gasteiger partial charge on any atom is -0.0383 e. The summed E-state index contributed by atoms with van der Waals surface area (Å²) < 4.78 is 0. The van der Waals surface area contributed by atoms with Crippen LogP contribution in [0.2, 0.25) is 0 Å². The van der Waals surface area contributed by atoms with Gasteiger partial charge in [-0.2, -0.15) is 0 Å². The van der Waals surface area contributed by atoms with Crippen LogP contribution in [-0.2, 0) is 0 Å². The van der Waals surface area contributed by atoms with E-state index in [1.54, 1.807) is 0 Å². The Kier molecular flexibility index (Phi) is 2.43. The monoisotopic (exact) mass is 166 g/mol. The van der Waals surface area contributed by atoms with Crippen LogP contribution in [0.15, 0.2) is 0 Å². The Balaban J connectivity index is 1.94. The molecule has 0 bridgehead atoms. The number of hydrogen-bond donors (Lipinski definition) is 0. The largest absolute Gasteiger partial charge is 0.0625 e. The van der Waals surface area contributed by atoms with Gasteiger partial charge < -0.3 is 0 Å². The molecule has 3 unspecified atom stereocenters. The van der Waals surface area contributed by atoms with E-state index in [2.05, 4.69) is 13.8 Å². The molecule has 70 valence electrons. The summed E-state index contributed by atoms with van der Waals surface area (Å²) >= 11 is 0. The van der Waals surface area contributed by atoms with Gasteiger partial charge in [-0.1, -0.05) is 26.7 Å². The van der Waals surface area contributed by atoms with Crippen molar-refractivity contribution in [2.45, 2.75) is 52.4 Å². The lowest BCUT2D eigenvalue weighted by Crippen LogP contribution is -2.29. The van der Waals surface area contributed by atoms with Crippen molar-refractivity contribution in [3.05, 3.63) is 0 Å². The molecule has 0 saturated heterocycles. The average Bonchev–Trinajstić information content (AvgIpc) is 2.05. The zero-order chi connectivity index (χ0) is 8.55. The average molecular weight is 166 g/mol. The SMILES string of the molecule is CC1CCC2C[C@@H](C)CCC2C1. The normalized spacial score (nSPS) is 48.5. The predicted molar refractivity (Wildman–Crippen MR) is 53.0 cm³/mol. The fraction of sp³-hybridized carbons (Fsp3) is 1.00. The fourth-order valence-corrected chi connectivity index (χ4v) is 3.36. The molecule has 2 aliphatic carbocycles. The third-order valence-corrected chi connectivity index (χ3v) is 4.14. The van der Waals surface area contributed by atoms with Gasteiger partial charge in [0.15, 0.2) is 0 Å². The van der Waals surface area contributed by atoms with Crippen molar-refractivity contribution < 1.29 is 0 Å². The van der Waals surface area contributed by atoms with Crippen molar-refractivity contribution in [1.82, 2.24) is 0 Å². The second-order valence-corrected chi connectivity index (χ2v) is 5.36. The van der Waals surface area contributed by atoms with E-state index < -0.39 is 0 Å². The Morgan fingerprint density at radius 3 is 1.50 bits per heavy atom. The molecule has 2 fully saturated rings. The first-order chi connectivity index (χ1) is 5.75. The zero-order valence-electron chi connectivity index (χ0n) is 8.55. The van der Waals surface area contributed by atoms with Gasteiger partial charge in [0.1, 0.15) is 0 Å². The molecule has 2 rings (SSSR count). The van der Waals surface area contributed by atoms with Gasteiger partial charge >= 0.3 is 0 Å². The van der Waals surface area contributed by atoms with Crippen LogP contribution in [0.5, 0.6) is 0 Å². The summed E-state index contributed by atoms with van der Waals surface area (Å²) in [5, 5.41) is 0. The highest BCUT2D eigenvalue weighted by atomic mass is 14.4. The maximum absolute atomic E-state index is 2.44. The van der Waals surface area contributed by atoms with Crippen molar-refractivity contribution in [1.29, 1.82) is 0 Å². The van der Waals surface area contributed by atoms with Crippen molar-refractivity contribution >= 4 is 0 Å². The van der Waals surface area contributed by atoms with E-state index in [4.69, 9.17) is 0 Å². The second kappa shape index (κ2) is 3.40. The Morgan fingerprint density at radius 2 is 1.08 bits per heavy atom. The molecular formula is C12H22. The summed E-state index contributed by atoms with van der Waals surface area (Å²) in [6, 6.07) is 0. The summed E-state index contributed by atoms with van der Waals surface area (Å²) in [6.07, 6.45) is 9.17. The number of fused-ring (bicyclic) bond motifs is 1. The highest BCUT2D eigenvalue weighted by Crippen LogP contribution is 2.44. The van der Waals surface area contributed by atoms with Gasteiger partial charge in [0, 0.05) is 0 Å². The Hall–Kier alpha value is 0. The van der Waals surface area contributed by atoms with Gasteiger partial charge in [-0.15, -0.1) is 0 Å². The van der Waals surface area contributed by atoms with Crippen LogP contribution in [0.1, 0.15) is 52.4 Å². The van der Waals surface area contributed by atoms with Crippen LogP contribution in [0.25, 0.3) is 0 Å². The third-order valence-electron chi connectivity index (χ3n) is 4.14. The third kappa shape index (κ3) is 1.67. The predicted octanol–water partition coefficient (Wildman–Crippen LogP) is 3.86. The minimum Gasteiger partial charge on any atom is -0.0625 e. The molecule has 0 amide bonds. The quantitative estimate of drug-likeness (QED) is 0.512. The standard InChI is InChI=1S/C12H22/c1-9-3-5-12-8-10(2)4-6-11(12)7-9/h9-12H,3-8H2,1-2H3/t9-,10?,11?,12?/m0/s1. The number of rotatable bonds is 0. The number of hydrogen-bond acceptors (Lipinski definition) is 0. The first kappa shape index (κ1) is 8.59. The molecule has 0 heterocycles. The van der Waals surface area contributed by atoms with E-state index >= 15 is 0 Å². The van der Waals surface area contributed by atoms with Crippen LogP contribution < -0.4 is 0 Å². The molecular weight excluding hydrogens is 144 g/mol. The van der Waals surface area contributed by atoms with E-state index in [1.807, 2.05) is 0 Å². The first-order valence-corrected chi connectivity index (χ1v) is 5.75. The van der Waals surface area contributed by atoms with Crippen molar-refractivity contribution in [2.75, 3.05) is 0 Å². The smallest absolute Gasteiger partial charge is 0.0383 e. The van der Waals surface area contributed by atoms with Gasteiger partial charge in [-0.05, 0) is 49.4 Å². The van der Waals surface area contributed by atoms with Crippen LogP contribution in [0.3, 0.4) is 0 Å². The van der Waals surface area contributed by atoms with Crippen molar-refractivity contribution in [3.63, 3.8) is 0 Å². The van der Waals surface area contributed by atoms with Crippen molar-refractivity contribution in [3.8, 4) is 0 Å². The molecule has 0 N–H and O–H groups in total. The van der Waals surface area contributed by atoms with Gasteiger partial charge in [-0.25, -0.2) is 0 Å². The van der Waals surface area contributed by atoms with Crippen molar-refractivity contribution in [2.24, 2.45) is 23.7 Å². The summed E-state index contributed by atoms with van der Waals surface area (Å²) in [7, 11) is 0. The van der Waals surface area contributed by atoms with Gasteiger partial charge in [0.05, 0.1) is 0 Å². The highest BCUT2D eigenvalue weighted by Gasteiger charge is 2.32. The maximum atomic E-state index is 2.44. The molecule has 2 saturated carbocycles. The molecule has 0 aliphatic heterocycles. The van der Waals surface area contributed by atoms with E-state index in [9.17, 15) is 0 Å². The van der Waals surface area contributed by atoms with Gasteiger partial charge in [0.2, 0.25) is 0 Å². The van der Waals surface area contributed by atoms with Crippen LogP contribution in [0.4, 0.5) is 0 Å².